The number of carboxylic acids is 1. The molecule has 0 radical (unpaired) electrons. The lowest BCUT2D eigenvalue weighted by Crippen LogP contribution is -2.23. The highest BCUT2D eigenvalue weighted by molar-refractivity contribution is 7.90. The fourth-order valence-electron chi connectivity index (χ4n) is 0.811. The molecule has 1 heterocycles. The van der Waals surface area contributed by atoms with Gasteiger partial charge in [-0.15, -0.1) is 0 Å². The minimum atomic E-state index is -3.99. The highest BCUT2D eigenvalue weighted by Crippen LogP contribution is 2.12. The van der Waals surface area contributed by atoms with Crippen LogP contribution in [-0.4, -0.2) is 24.5 Å². The Morgan fingerprint density at radius 1 is 1.57 bits per heavy atom. The van der Waals surface area contributed by atoms with Gasteiger partial charge in [0.05, 0.1) is 5.69 Å². The summed E-state index contributed by atoms with van der Waals surface area (Å²) in [7, 11) is -3.99. The molecule has 0 unspecified atom stereocenters. The van der Waals surface area contributed by atoms with Crippen LogP contribution < -0.4 is 9.86 Å². The van der Waals surface area contributed by atoms with Crippen molar-refractivity contribution >= 4 is 21.9 Å². The SMILES string of the molecule is NS(=O)(=O)Nc1cccnc1C(=O)O. The molecule has 0 amide bonds. The van der Waals surface area contributed by atoms with Crippen LogP contribution in [0.1, 0.15) is 10.5 Å². The van der Waals surface area contributed by atoms with Gasteiger partial charge in [0.1, 0.15) is 0 Å². The molecule has 0 saturated heterocycles. The Hall–Kier alpha value is -1.67. The zero-order chi connectivity index (χ0) is 10.8. The molecule has 0 aliphatic rings. The molecule has 8 heteroatoms. The van der Waals surface area contributed by atoms with E-state index in [0.29, 0.717) is 0 Å². The number of hydrogen-bond acceptors (Lipinski definition) is 4. The van der Waals surface area contributed by atoms with E-state index in [9.17, 15) is 13.2 Å². The number of aromatic nitrogens is 1. The van der Waals surface area contributed by atoms with Crippen LogP contribution in [0.25, 0.3) is 0 Å². The van der Waals surface area contributed by atoms with E-state index in [1.807, 2.05) is 4.72 Å². The molecular weight excluding hydrogens is 210 g/mol. The first kappa shape index (κ1) is 10.4. The molecule has 1 rings (SSSR count). The number of rotatable bonds is 3. The van der Waals surface area contributed by atoms with Gasteiger partial charge in [-0.05, 0) is 12.1 Å². The van der Waals surface area contributed by atoms with Crippen molar-refractivity contribution in [2.75, 3.05) is 4.72 Å². The van der Waals surface area contributed by atoms with Gasteiger partial charge < -0.3 is 5.11 Å². The summed E-state index contributed by atoms with van der Waals surface area (Å²) in [6.07, 6.45) is 1.23. The molecule has 4 N–H and O–H groups in total. The smallest absolute Gasteiger partial charge is 0.356 e. The molecule has 1 aromatic heterocycles. The molecule has 0 atom stereocenters. The molecule has 0 spiro atoms. The first-order chi connectivity index (χ1) is 6.40. The zero-order valence-corrected chi connectivity index (χ0v) is 7.65. The highest BCUT2D eigenvalue weighted by Gasteiger charge is 2.13. The Bertz CT molecular complexity index is 456. The summed E-state index contributed by atoms with van der Waals surface area (Å²) < 4.78 is 23.1. The average molecular weight is 217 g/mol. The summed E-state index contributed by atoms with van der Waals surface area (Å²) in [6, 6.07) is 2.64. The van der Waals surface area contributed by atoms with Crippen molar-refractivity contribution in [3.05, 3.63) is 24.0 Å². The highest BCUT2D eigenvalue weighted by atomic mass is 32.2. The van der Waals surface area contributed by atoms with Crippen molar-refractivity contribution in [1.29, 1.82) is 0 Å². The molecule has 0 aliphatic carbocycles. The van der Waals surface area contributed by atoms with E-state index in [-0.39, 0.29) is 5.69 Å². The van der Waals surface area contributed by atoms with Gasteiger partial charge in [-0.1, -0.05) is 0 Å². The average Bonchev–Trinajstić information content (AvgIpc) is 2.01. The quantitative estimate of drug-likeness (QED) is 0.623. The predicted molar refractivity (Wildman–Crippen MR) is 47.9 cm³/mol. The van der Waals surface area contributed by atoms with E-state index < -0.39 is 21.9 Å². The largest absolute Gasteiger partial charge is 0.476 e. The maximum Gasteiger partial charge on any atom is 0.356 e. The maximum absolute atomic E-state index is 10.6. The Balaban J connectivity index is 3.15. The molecule has 0 saturated carbocycles. The maximum atomic E-state index is 10.6. The van der Waals surface area contributed by atoms with Gasteiger partial charge in [-0.3, -0.25) is 4.72 Å². The van der Waals surface area contributed by atoms with Crippen LogP contribution in [0.2, 0.25) is 0 Å². The standard InChI is InChI=1S/C6H7N3O4S/c7-14(12,13)9-4-2-1-3-8-5(4)6(10)11/h1-3,9H,(H,10,11)(H2,7,12,13). The van der Waals surface area contributed by atoms with Gasteiger partial charge in [0.15, 0.2) is 5.69 Å². The van der Waals surface area contributed by atoms with Crippen molar-refractivity contribution in [3.63, 3.8) is 0 Å². The summed E-state index contributed by atoms with van der Waals surface area (Å²) in [5.74, 6) is -1.34. The minimum absolute atomic E-state index is 0.164. The molecule has 0 aromatic carbocycles. The molecule has 7 nitrogen and oxygen atoms in total. The first-order valence-corrected chi connectivity index (χ1v) is 4.93. The van der Waals surface area contributed by atoms with E-state index in [1.165, 1.54) is 18.3 Å². The number of carboxylic acid groups (broad SMARTS) is 1. The topological polar surface area (TPSA) is 122 Å². The van der Waals surface area contributed by atoms with Crippen LogP contribution in [0.3, 0.4) is 0 Å². The van der Waals surface area contributed by atoms with Gasteiger partial charge in [0, 0.05) is 6.20 Å². The summed E-state index contributed by atoms with van der Waals surface area (Å²) >= 11 is 0. The Morgan fingerprint density at radius 2 is 2.21 bits per heavy atom. The second-order valence-electron chi connectivity index (χ2n) is 2.35. The van der Waals surface area contributed by atoms with Crippen LogP contribution in [-0.2, 0) is 10.2 Å². The van der Waals surface area contributed by atoms with Crippen molar-refractivity contribution in [2.24, 2.45) is 5.14 Å². The van der Waals surface area contributed by atoms with Crippen LogP contribution in [0.5, 0.6) is 0 Å². The summed E-state index contributed by atoms with van der Waals surface area (Å²) in [5, 5.41) is 13.3. The van der Waals surface area contributed by atoms with E-state index in [4.69, 9.17) is 5.11 Å². The first-order valence-electron chi connectivity index (χ1n) is 3.39. The van der Waals surface area contributed by atoms with Gasteiger partial charge in [-0.2, -0.15) is 8.42 Å². The van der Waals surface area contributed by atoms with Crippen molar-refractivity contribution in [1.82, 2.24) is 4.98 Å². The lowest BCUT2D eigenvalue weighted by atomic mass is 10.3. The molecule has 0 fully saturated rings. The molecular formula is C6H7N3O4S. The summed E-state index contributed by atoms with van der Waals surface area (Å²) in [6.45, 7) is 0. The van der Waals surface area contributed by atoms with Gasteiger partial charge in [0.25, 0.3) is 10.2 Å². The lowest BCUT2D eigenvalue weighted by molar-refractivity contribution is 0.0692. The number of aromatic carboxylic acids is 1. The lowest BCUT2D eigenvalue weighted by Gasteiger charge is -2.04. The van der Waals surface area contributed by atoms with Crippen molar-refractivity contribution in [2.45, 2.75) is 0 Å². The van der Waals surface area contributed by atoms with Crippen LogP contribution in [0, 0.1) is 0 Å². The molecule has 0 bridgehead atoms. The third-order valence-electron chi connectivity index (χ3n) is 1.26. The van der Waals surface area contributed by atoms with Gasteiger partial charge in [0.2, 0.25) is 0 Å². The monoisotopic (exact) mass is 217 g/mol. The van der Waals surface area contributed by atoms with E-state index in [0.717, 1.165) is 0 Å². The molecule has 14 heavy (non-hydrogen) atoms. The second-order valence-corrected chi connectivity index (χ2v) is 3.65. The Labute approximate surface area is 79.8 Å². The third-order valence-corrected chi connectivity index (χ3v) is 1.77. The minimum Gasteiger partial charge on any atom is -0.476 e. The Morgan fingerprint density at radius 3 is 2.71 bits per heavy atom. The zero-order valence-electron chi connectivity index (χ0n) is 6.84. The van der Waals surface area contributed by atoms with Crippen molar-refractivity contribution < 1.29 is 18.3 Å². The van der Waals surface area contributed by atoms with Crippen LogP contribution >= 0.6 is 0 Å². The number of hydrogen-bond donors (Lipinski definition) is 3. The number of carbonyl (C=O) groups is 1. The van der Waals surface area contributed by atoms with E-state index in [2.05, 4.69) is 10.1 Å². The third kappa shape index (κ3) is 2.68. The Kier molecular flexibility index (Phi) is 2.68. The van der Waals surface area contributed by atoms with Gasteiger partial charge >= 0.3 is 5.97 Å². The fourth-order valence-corrected chi connectivity index (χ4v) is 1.28. The molecule has 0 aliphatic heterocycles. The van der Waals surface area contributed by atoms with Crippen molar-refractivity contribution in [3.8, 4) is 0 Å². The predicted octanol–water partition coefficient (Wildman–Crippen LogP) is -0.605. The van der Waals surface area contributed by atoms with E-state index >= 15 is 0 Å². The molecule has 76 valence electrons. The number of pyridine rings is 1. The number of anilines is 1. The number of nitrogens with one attached hydrogen (secondary N) is 1. The summed E-state index contributed by atoms with van der Waals surface area (Å²) in [5.41, 5.74) is -0.566. The fraction of sp³-hybridized carbons (Fsp3) is 0. The number of nitrogens with two attached hydrogens (primary N) is 1. The van der Waals surface area contributed by atoms with Crippen LogP contribution in [0.4, 0.5) is 5.69 Å². The van der Waals surface area contributed by atoms with Crippen LogP contribution in [0.15, 0.2) is 18.3 Å². The van der Waals surface area contributed by atoms with Gasteiger partial charge in [-0.25, -0.2) is 14.9 Å². The second kappa shape index (κ2) is 3.60. The van der Waals surface area contributed by atoms with E-state index in [1.54, 1.807) is 0 Å². The molecule has 1 aromatic rings. The summed E-state index contributed by atoms with van der Waals surface area (Å²) in [4.78, 5) is 14.0. The normalized spacial score (nSPS) is 10.9. The number of nitrogens with zero attached hydrogens (tertiary/aromatic N) is 1.